The molecule has 0 amide bonds. The zero-order valence-corrected chi connectivity index (χ0v) is 25.8. The first-order chi connectivity index (χ1) is 18.9. The minimum absolute atomic E-state index is 0.521. The molecule has 0 fully saturated rings. The van der Waals surface area contributed by atoms with E-state index in [0.717, 1.165) is 26.2 Å². The maximum Gasteiger partial charge on any atom is 0.122 e. The Labute approximate surface area is 242 Å². The lowest BCUT2D eigenvalue weighted by molar-refractivity contribution is 0.0759. The lowest BCUT2D eigenvalue weighted by Gasteiger charge is -2.13. The summed E-state index contributed by atoms with van der Waals surface area (Å²) in [6.45, 7) is 39.2. The van der Waals surface area contributed by atoms with Gasteiger partial charge in [0.1, 0.15) is 20.2 Å². The Balaban J connectivity index is -0.000000212. The second kappa shape index (κ2) is 39.5. The normalized spacial score (nSPS) is 8.82. The van der Waals surface area contributed by atoms with Crippen LogP contribution in [-0.2, 0) is 14.2 Å². The molecule has 0 bridgehead atoms. The average Bonchev–Trinajstić information content (AvgIpc) is 2.97. The Morgan fingerprint density at radius 3 is 1.23 bits per heavy atom. The number of unbranched alkanes of at least 4 members (excludes halogenated alkanes) is 4. The van der Waals surface area contributed by atoms with Gasteiger partial charge in [0.15, 0.2) is 0 Å². The molecule has 0 radical (unpaired) electrons. The SMILES string of the molecule is C=CN(C=C)CCCCCCC.C=CN(C=C)COC.C=CN(C=C)COCC.C=CN(C=C)COCCC. The zero-order valence-electron chi connectivity index (χ0n) is 25.8. The summed E-state index contributed by atoms with van der Waals surface area (Å²) in [5.74, 6) is 0. The van der Waals surface area contributed by atoms with Gasteiger partial charge in [-0.25, -0.2) is 0 Å². The maximum atomic E-state index is 5.21. The molecule has 0 aromatic heterocycles. The topological polar surface area (TPSA) is 40.7 Å². The quantitative estimate of drug-likeness (QED) is 0.0940. The number of methoxy groups -OCH3 is 1. The highest BCUT2D eigenvalue weighted by molar-refractivity contribution is 4.80. The molecule has 0 aliphatic carbocycles. The van der Waals surface area contributed by atoms with Crippen LogP contribution in [0.3, 0.4) is 0 Å². The highest BCUT2D eigenvalue weighted by atomic mass is 16.5. The Morgan fingerprint density at radius 1 is 0.487 bits per heavy atom. The van der Waals surface area contributed by atoms with Crippen LogP contribution in [0.4, 0.5) is 0 Å². The van der Waals surface area contributed by atoms with Crippen molar-refractivity contribution in [2.24, 2.45) is 0 Å². The predicted molar refractivity (Wildman–Crippen MR) is 172 cm³/mol. The number of nitrogens with zero attached hydrogens (tertiary/aromatic N) is 4. The van der Waals surface area contributed by atoms with Gasteiger partial charge in [-0.3, -0.25) is 0 Å². The van der Waals surface area contributed by atoms with E-state index in [1.54, 1.807) is 59.0 Å². The molecule has 39 heavy (non-hydrogen) atoms. The van der Waals surface area contributed by atoms with Crippen LogP contribution in [0.25, 0.3) is 0 Å². The fourth-order valence-electron chi connectivity index (χ4n) is 2.35. The molecule has 226 valence electrons. The van der Waals surface area contributed by atoms with Gasteiger partial charge in [0.05, 0.1) is 0 Å². The maximum absolute atomic E-state index is 5.21. The summed E-state index contributed by atoms with van der Waals surface area (Å²) in [6, 6.07) is 0. The Bertz CT molecular complexity index is 564. The molecule has 0 aromatic carbocycles. The summed E-state index contributed by atoms with van der Waals surface area (Å²) in [5.41, 5.74) is 0. The van der Waals surface area contributed by atoms with Crippen molar-refractivity contribution >= 4 is 0 Å². The summed E-state index contributed by atoms with van der Waals surface area (Å²) in [7, 11) is 1.62. The van der Waals surface area contributed by atoms with Crippen LogP contribution < -0.4 is 0 Å². The van der Waals surface area contributed by atoms with Crippen LogP contribution in [-0.4, -0.2) is 66.7 Å². The first-order valence-electron chi connectivity index (χ1n) is 13.6. The third-order valence-electron chi connectivity index (χ3n) is 4.71. The summed E-state index contributed by atoms with van der Waals surface area (Å²) in [5, 5.41) is 0. The largest absolute Gasteiger partial charge is 0.364 e. The van der Waals surface area contributed by atoms with E-state index in [1.807, 2.05) is 24.2 Å². The van der Waals surface area contributed by atoms with Crippen LogP contribution in [0.15, 0.2) is 102 Å². The zero-order chi connectivity index (χ0) is 30.6. The predicted octanol–water partition coefficient (Wildman–Crippen LogP) is 8.25. The number of hydrogen-bond donors (Lipinski definition) is 0. The molecular formula is C32H60N4O3. The van der Waals surface area contributed by atoms with Gasteiger partial charge in [0.25, 0.3) is 0 Å². The van der Waals surface area contributed by atoms with E-state index >= 15 is 0 Å². The van der Waals surface area contributed by atoms with Crippen LogP contribution in [0.2, 0.25) is 0 Å². The summed E-state index contributed by atoms with van der Waals surface area (Å²) in [4.78, 5) is 7.32. The smallest absolute Gasteiger partial charge is 0.122 e. The molecule has 0 saturated carbocycles. The van der Waals surface area contributed by atoms with Gasteiger partial charge in [-0.15, -0.1) is 0 Å². The van der Waals surface area contributed by atoms with E-state index in [9.17, 15) is 0 Å². The number of ether oxygens (including phenoxy) is 3. The number of rotatable bonds is 23. The average molecular weight is 549 g/mol. The van der Waals surface area contributed by atoms with Gasteiger partial charge in [0, 0.05) is 26.9 Å². The van der Waals surface area contributed by atoms with Crippen LogP contribution in [0.5, 0.6) is 0 Å². The Hall–Kier alpha value is -3.00. The summed E-state index contributed by atoms with van der Waals surface area (Å²) in [6.07, 6.45) is 21.3. The molecule has 7 heteroatoms. The van der Waals surface area contributed by atoms with E-state index in [-0.39, 0.29) is 0 Å². The van der Waals surface area contributed by atoms with Crippen LogP contribution in [0, 0.1) is 0 Å². The van der Waals surface area contributed by atoms with Crippen molar-refractivity contribution in [1.82, 2.24) is 19.6 Å². The van der Waals surface area contributed by atoms with Crippen molar-refractivity contribution in [3.05, 3.63) is 102 Å². The lowest BCUT2D eigenvalue weighted by atomic mass is 10.1. The third kappa shape index (κ3) is 37.2. The molecule has 0 N–H and O–H groups in total. The van der Waals surface area contributed by atoms with E-state index in [4.69, 9.17) is 14.2 Å². The van der Waals surface area contributed by atoms with Crippen molar-refractivity contribution < 1.29 is 14.2 Å². The van der Waals surface area contributed by atoms with E-state index < -0.39 is 0 Å². The van der Waals surface area contributed by atoms with Crippen molar-refractivity contribution in [2.45, 2.75) is 59.3 Å². The molecule has 0 unspecified atom stereocenters. The van der Waals surface area contributed by atoms with Crippen molar-refractivity contribution in [3.8, 4) is 0 Å². The fourth-order valence-corrected chi connectivity index (χ4v) is 2.35. The first-order valence-corrected chi connectivity index (χ1v) is 13.6. The molecular weight excluding hydrogens is 488 g/mol. The van der Waals surface area contributed by atoms with Crippen LogP contribution >= 0.6 is 0 Å². The van der Waals surface area contributed by atoms with Crippen LogP contribution in [0.1, 0.15) is 59.3 Å². The molecule has 0 aliphatic rings. The van der Waals surface area contributed by atoms with E-state index in [2.05, 4.69) is 66.5 Å². The van der Waals surface area contributed by atoms with Gasteiger partial charge >= 0.3 is 0 Å². The second-order valence-electron chi connectivity index (χ2n) is 7.73. The molecule has 0 spiro atoms. The molecule has 0 rings (SSSR count). The molecule has 0 aliphatic heterocycles. The summed E-state index contributed by atoms with van der Waals surface area (Å²) >= 11 is 0. The molecule has 0 saturated heterocycles. The van der Waals surface area contributed by atoms with Gasteiger partial charge in [-0.05, 0) is 69.4 Å². The van der Waals surface area contributed by atoms with Crippen molar-refractivity contribution in [1.29, 1.82) is 0 Å². The Morgan fingerprint density at radius 2 is 0.897 bits per heavy atom. The van der Waals surface area contributed by atoms with Crippen molar-refractivity contribution in [2.75, 3.05) is 47.1 Å². The molecule has 0 aromatic rings. The Kier molecular flexibility index (Phi) is 43.6. The lowest BCUT2D eigenvalue weighted by Crippen LogP contribution is -2.13. The van der Waals surface area contributed by atoms with Gasteiger partial charge in [-0.2, -0.15) is 0 Å². The molecule has 0 atom stereocenters. The first kappa shape index (κ1) is 43.1. The third-order valence-corrected chi connectivity index (χ3v) is 4.71. The highest BCUT2D eigenvalue weighted by Crippen LogP contribution is 2.03. The van der Waals surface area contributed by atoms with E-state index in [0.29, 0.717) is 20.2 Å². The summed E-state index contributed by atoms with van der Waals surface area (Å²) < 4.78 is 15.0. The fraction of sp³-hybridized carbons (Fsp3) is 0.500. The highest BCUT2D eigenvalue weighted by Gasteiger charge is 1.92. The second-order valence-corrected chi connectivity index (χ2v) is 7.73. The minimum atomic E-state index is 0.521. The van der Waals surface area contributed by atoms with Gasteiger partial charge in [0.2, 0.25) is 0 Å². The molecule has 7 nitrogen and oxygen atoms in total. The molecule has 0 heterocycles. The van der Waals surface area contributed by atoms with Gasteiger partial charge in [-0.1, -0.05) is 92.2 Å². The standard InChI is InChI=1S/C11H21N.C8H15NO.C7H13NO.C6H11NO/c1-4-7-8-9-10-11-12(5-2)6-3;1-4-7-10-8-9(5-2)6-3;1-4-8(5-2)7-9-6-3;1-4-7(5-2)6-8-3/h5-6H,2-4,7-11H2,1H3;5-6H,2-4,7-8H2,1H3;4-5H,1-2,6-7H2,3H3;4-5H,1-2,6H2,3H3. The van der Waals surface area contributed by atoms with Crippen molar-refractivity contribution in [3.63, 3.8) is 0 Å². The van der Waals surface area contributed by atoms with Gasteiger partial charge < -0.3 is 33.8 Å². The monoisotopic (exact) mass is 548 g/mol. The number of hydrogen-bond acceptors (Lipinski definition) is 7. The van der Waals surface area contributed by atoms with E-state index in [1.165, 1.54) is 32.1 Å². The minimum Gasteiger partial charge on any atom is -0.364 e.